The fourth-order valence-corrected chi connectivity index (χ4v) is 11.9. The highest BCUT2D eigenvalue weighted by molar-refractivity contribution is 5.86. The first-order chi connectivity index (χ1) is 56.7. The summed E-state index contributed by atoms with van der Waals surface area (Å²) in [6.07, 6.45) is 39.3. The highest BCUT2D eigenvalue weighted by atomic mass is 16.5. The second-order valence-corrected chi connectivity index (χ2v) is 29.2. The first-order valence-electron chi connectivity index (χ1n) is 43.8. The number of Topliss-reactive ketones (excluding diaryl/α,β-unsaturated/α-hetero) is 3. The van der Waals surface area contributed by atoms with Crippen molar-refractivity contribution in [2.24, 2.45) is 0 Å². The van der Waals surface area contributed by atoms with Crippen LogP contribution < -0.4 is 26.6 Å². The third-order valence-electron chi connectivity index (χ3n) is 18.5. The summed E-state index contributed by atoms with van der Waals surface area (Å²) in [6, 6.07) is 6.06. The Labute approximate surface area is 698 Å². The van der Waals surface area contributed by atoms with Gasteiger partial charge in [-0.15, -0.1) is 6.58 Å². The van der Waals surface area contributed by atoms with Crippen molar-refractivity contribution in [2.75, 3.05) is 119 Å². The lowest BCUT2D eigenvalue weighted by Crippen LogP contribution is -2.41. The van der Waals surface area contributed by atoms with E-state index in [-0.39, 0.29) is 184 Å². The molecular formula is C88H153N5O24. The zero-order valence-electron chi connectivity index (χ0n) is 71.8. The van der Waals surface area contributed by atoms with Gasteiger partial charge in [-0.25, -0.2) is 9.59 Å². The van der Waals surface area contributed by atoms with Gasteiger partial charge in [-0.2, -0.15) is 0 Å². The summed E-state index contributed by atoms with van der Waals surface area (Å²) < 4.78 is 42.6. The second-order valence-electron chi connectivity index (χ2n) is 29.2. The normalized spacial score (nSPS) is 11.4. The first kappa shape index (κ1) is 112. The maximum Gasteiger partial charge on any atom is 0.326 e. The summed E-state index contributed by atoms with van der Waals surface area (Å²) >= 11 is 0. The topological polar surface area (TPSA) is 420 Å². The molecule has 29 nitrogen and oxygen atoms in total. The maximum atomic E-state index is 12.4. The Morgan fingerprint density at radius 1 is 0.325 bits per heavy atom. The summed E-state index contributed by atoms with van der Waals surface area (Å²) in [4.78, 5) is 140. The summed E-state index contributed by atoms with van der Waals surface area (Å²) in [5, 5.41) is 49.6. The van der Waals surface area contributed by atoms with E-state index in [0.717, 1.165) is 108 Å². The van der Waals surface area contributed by atoms with Crippen molar-refractivity contribution in [2.45, 2.75) is 322 Å². The van der Waals surface area contributed by atoms with E-state index in [0.29, 0.717) is 78.4 Å². The lowest BCUT2D eigenvalue weighted by atomic mass is 10.0. The van der Waals surface area contributed by atoms with E-state index in [1.54, 1.807) is 0 Å². The average molecular weight is 1670 g/mol. The van der Waals surface area contributed by atoms with Crippen molar-refractivity contribution in [3.63, 3.8) is 0 Å². The Morgan fingerprint density at radius 3 is 0.949 bits per heavy atom. The van der Waals surface area contributed by atoms with E-state index in [4.69, 9.17) is 48.1 Å². The SMILES string of the molecule is C=CCCCCc1ccc(CNC(=O)COCCOCCNC(=O)COCCOCCCC(=O)CC[C@H](NC(=O)CCCCCCCCCCCCCCCCC(=O)O)C(=O)O)cc1.CC.CC(=O)COCCOCCNC(=O)COCCOCCCC(=O)CC[C@H](NC(=O)CCCCCCCCCCCCCCCCC(=O)O)C(=O)O. The third kappa shape index (κ3) is 83.7. The molecule has 0 saturated carbocycles. The molecule has 2 atom stereocenters. The van der Waals surface area contributed by atoms with Gasteiger partial charge in [0.25, 0.3) is 0 Å². The van der Waals surface area contributed by atoms with Gasteiger partial charge in [0, 0.05) is 84.2 Å². The molecule has 9 N–H and O–H groups in total. The number of aryl methyl sites for hydroxylation is 1. The number of carboxylic acids is 4. The molecule has 674 valence electrons. The Bertz CT molecular complexity index is 2710. The number of benzene rings is 1. The average Bonchev–Trinajstić information content (AvgIpc) is 0.917. The lowest BCUT2D eigenvalue weighted by Gasteiger charge is -2.14. The smallest absolute Gasteiger partial charge is 0.326 e. The summed E-state index contributed by atoms with van der Waals surface area (Å²) in [5.41, 5.74) is 2.31. The molecule has 29 heteroatoms. The summed E-state index contributed by atoms with van der Waals surface area (Å²) in [7, 11) is 0. The van der Waals surface area contributed by atoms with Gasteiger partial charge in [-0.05, 0) is 95.1 Å². The van der Waals surface area contributed by atoms with Gasteiger partial charge in [0.05, 0.1) is 66.1 Å². The molecule has 1 aromatic carbocycles. The fourth-order valence-electron chi connectivity index (χ4n) is 11.9. The molecule has 1 rings (SSSR count). The van der Waals surface area contributed by atoms with Gasteiger partial charge in [0.1, 0.15) is 50.1 Å². The number of carbonyl (C=O) groups excluding carboxylic acids is 8. The van der Waals surface area contributed by atoms with Crippen LogP contribution in [0.2, 0.25) is 0 Å². The molecule has 0 aliphatic heterocycles. The zero-order chi connectivity index (χ0) is 86.5. The highest BCUT2D eigenvalue weighted by Gasteiger charge is 2.23. The first-order valence-corrected chi connectivity index (χ1v) is 43.8. The van der Waals surface area contributed by atoms with Crippen LogP contribution in [0.25, 0.3) is 0 Å². The molecule has 0 spiro atoms. The number of unbranched alkanes of at least 4 members (excludes halogenated alkanes) is 28. The molecule has 0 unspecified atom stereocenters. The standard InChI is InChI=1S/C49H81N3O12.C37H66N2O12.C2H6/c1-2-3-4-17-21-41-25-27-42(28-26-41)38-51-47(56)40-64-37-35-62-33-31-50-46(55)39-63-36-34-61-32-20-22-43(53)29-30-44(49(59)60)52-45(54)23-18-15-13-11-9-7-5-6-8-10-12-14-16-19-24-48(57)58;1-31(40)29-50-27-26-49-24-22-38-35(43)30-51-28-25-48-23-16-17-32(41)20-21-33(37(46)47)39-34(42)18-14-12-10-8-6-4-2-3-5-7-9-11-13-15-19-36(44)45;1-2/h2,25-28,44H,1,3-24,29-40H2,(H,50,55)(H,51,56)(H,52,54)(H,57,58)(H,59,60);33H,2-30H2,1H3,(H,38,43)(H,39,42)(H,44,45)(H,46,47);1-2H3/t44-;33-;/m00./s1. The van der Waals surface area contributed by atoms with Gasteiger partial charge >= 0.3 is 23.9 Å². The molecule has 0 heterocycles. The van der Waals surface area contributed by atoms with Gasteiger partial charge < -0.3 is 84.9 Å². The molecule has 0 aromatic heterocycles. The Balaban J connectivity index is 0. The number of ketones is 3. The Hall–Kier alpha value is -7.12. The van der Waals surface area contributed by atoms with Crippen LogP contribution in [-0.2, 0) is 108 Å². The molecule has 117 heavy (non-hydrogen) atoms. The Kier molecular flexibility index (Phi) is 81.6. The van der Waals surface area contributed by atoms with Crippen molar-refractivity contribution in [1.82, 2.24) is 26.6 Å². The number of allylic oxidation sites excluding steroid dienone is 1. The van der Waals surface area contributed by atoms with Crippen LogP contribution in [0.5, 0.6) is 0 Å². The number of amides is 5. The largest absolute Gasteiger partial charge is 0.481 e. The molecule has 1 aromatic rings. The molecule has 0 fully saturated rings. The number of carbonyl (C=O) groups is 12. The van der Waals surface area contributed by atoms with Crippen LogP contribution in [0.3, 0.4) is 0 Å². The summed E-state index contributed by atoms with van der Waals surface area (Å²) in [6.45, 7) is 13.3. The van der Waals surface area contributed by atoms with Crippen LogP contribution in [0.1, 0.15) is 308 Å². The van der Waals surface area contributed by atoms with Crippen LogP contribution in [0.4, 0.5) is 0 Å². The molecular weight excluding hydrogens is 1510 g/mol. The van der Waals surface area contributed by atoms with Gasteiger partial charge in [0.15, 0.2) is 5.78 Å². The van der Waals surface area contributed by atoms with Crippen LogP contribution >= 0.6 is 0 Å². The maximum absolute atomic E-state index is 12.4. The second kappa shape index (κ2) is 85.3. The number of carboxylic acid groups (broad SMARTS) is 4. The van der Waals surface area contributed by atoms with E-state index >= 15 is 0 Å². The van der Waals surface area contributed by atoms with E-state index in [2.05, 4.69) is 45.3 Å². The minimum Gasteiger partial charge on any atom is -0.481 e. The van der Waals surface area contributed by atoms with Crippen molar-refractivity contribution < 1.29 is 116 Å². The van der Waals surface area contributed by atoms with Crippen LogP contribution in [0, 0.1) is 0 Å². The number of nitrogens with one attached hydrogen (secondary N) is 5. The Morgan fingerprint density at radius 2 is 0.624 bits per heavy atom. The van der Waals surface area contributed by atoms with E-state index in [1.165, 1.54) is 102 Å². The quantitative estimate of drug-likeness (QED) is 0.0216. The number of ether oxygens (including phenoxy) is 8. The molecule has 5 amide bonds. The van der Waals surface area contributed by atoms with Crippen molar-refractivity contribution in [3.8, 4) is 0 Å². The van der Waals surface area contributed by atoms with Crippen LogP contribution in [0.15, 0.2) is 36.9 Å². The molecule has 0 aliphatic rings. The predicted molar refractivity (Wildman–Crippen MR) is 450 cm³/mol. The summed E-state index contributed by atoms with van der Waals surface area (Å²) in [5.74, 6) is -5.36. The number of hydrogen-bond donors (Lipinski definition) is 9. The van der Waals surface area contributed by atoms with Gasteiger partial charge in [-0.3, -0.25) is 47.9 Å². The third-order valence-corrected chi connectivity index (χ3v) is 18.5. The fraction of sp³-hybridized carbons (Fsp3) is 0.773. The number of aliphatic carboxylic acids is 4. The highest BCUT2D eigenvalue weighted by Crippen LogP contribution is 2.18. The molecule has 0 radical (unpaired) electrons. The van der Waals surface area contributed by atoms with Crippen LogP contribution in [-0.4, -0.2) is 222 Å². The molecule has 0 aliphatic carbocycles. The van der Waals surface area contributed by atoms with Gasteiger partial charge in [0.2, 0.25) is 29.5 Å². The van der Waals surface area contributed by atoms with Crippen molar-refractivity contribution in [3.05, 3.63) is 48.0 Å². The van der Waals surface area contributed by atoms with E-state index < -0.39 is 36.0 Å². The number of rotatable bonds is 85. The van der Waals surface area contributed by atoms with Gasteiger partial charge in [-0.1, -0.05) is 198 Å². The van der Waals surface area contributed by atoms with E-state index in [1.807, 2.05) is 32.1 Å². The monoisotopic (exact) mass is 1660 g/mol. The minimum atomic E-state index is -1.15. The zero-order valence-corrected chi connectivity index (χ0v) is 71.8. The number of hydrogen-bond acceptors (Lipinski definition) is 20. The molecule has 0 bridgehead atoms. The van der Waals surface area contributed by atoms with Crippen molar-refractivity contribution in [1.29, 1.82) is 0 Å². The minimum absolute atomic E-state index is 0.0403. The van der Waals surface area contributed by atoms with E-state index in [9.17, 15) is 67.7 Å². The molecule has 0 saturated heterocycles. The van der Waals surface area contributed by atoms with Crippen molar-refractivity contribution >= 4 is 70.8 Å². The predicted octanol–water partition coefficient (Wildman–Crippen LogP) is 13.2. The lowest BCUT2D eigenvalue weighted by molar-refractivity contribution is -0.142.